The molecular weight excluding hydrogens is 148 g/mol. The molecule has 0 saturated heterocycles. The van der Waals surface area contributed by atoms with E-state index in [0.717, 1.165) is 13.1 Å². The van der Waals surface area contributed by atoms with Crippen molar-refractivity contribution in [1.82, 2.24) is 5.01 Å². The summed E-state index contributed by atoms with van der Waals surface area (Å²) in [7, 11) is 0. The molecule has 2 heteroatoms. The molecule has 0 atom stereocenters. The average molecular weight is 174 g/mol. The van der Waals surface area contributed by atoms with Crippen molar-refractivity contribution in [2.45, 2.75) is 53.4 Å². The zero-order valence-corrected chi connectivity index (χ0v) is 9.27. The Kier molecular flexibility index (Phi) is 16.3. The highest BCUT2D eigenvalue weighted by Gasteiger charge is 1.94. The number of hydrogen-bond acceptors (Lipinski definition) is 2. The van der Waals surface area contributed by atoms with Crippen LogP contribution in [0.15, 0.2) is 0 Å². The van der Waals surface area contributed by atoms with Gasteiger partial charge in [-0.2, -0.15) is 0 Å². The third-order valence-electron chi connectivity index (χ3n) is 1.60. The first kappa shape index (κ1) is 14.4. The van der Waals surface area contributed by atoms with E-state index in [4.69, 9.17) is 5.84 Å². The second-order valence-corrected chi connectivity index (χ2v) is 2.74. The summed E-state index contributed by atoms with van der Waals surface area (Å²) in [6, 6.07) is 0. The fraction of sp³-hybridized carbons (Fsp3) is 1.00. The van der Waals surface area contributed by atoms with Crippen LogP contribution in [-0.2, 0) is 0 Å². The van der Waals surface area contributed by atoms with Gasteiger partial charge in [0, 0.05) is 13.1 Å². The molecule has 76 valence electrons. The van der Waals surface area contributed by atoms with Crippen molar-refractivity contribution >= 4 is 0 Å². The third-order valence-corrected chi connectivity index (χ3v) is 1.60. The van der Waals surface area contributed by atoms with Gasteiger partial charge in [-0.25, -0.2) is 5.01 Å². The van der Waals surface area contributed by atoms with Crippen molar-refractivity contribution in [2.75, 3.05) is 13.1 Å². The van der Waals surface area contributed by atoms with Gasteiger partial charge in [0.05, 0.1) is 0 Å². The molecule has 0 aromatic rings. The van der Waals surface area contributed by atoms with Crippen LogP contribution in [0.25, 0.3) is 0 Å². The lowest BCUT2D eigenvalue weighted by atomic mass is 10.3. The van der Waals surface area contributed by atoms with Crippen LogP contribution >= 0.6 is 0 Å². The molecule has 0 fully saturated rings. The summed E-state index contributed by atoms with van der Waals surface area (Å²) < 4.78 is 0. The molecule has 0 aromatic heterocycles. The Hall–Kier alpha value is -0.0800. The standard InChI is InChI=1S/C8H20N2.C2H6/c1-3-5-7-10(9)8-6-4-2;1-2/h3-9H2,1-2H3;1-2H3. The number of nitrogens with zero attached hydrogens (tertiary/aromatic N) is 1. The Morgan fingerprint density at radius 1 is 0.917 bits per heavy atom. The quantitative estimate of drug-likeness (QED) is 0.495. The monoisotopic (exact) mass is 174 g/mol. The molecule has 0 unspecified atom stereocenters. The van der Waals surface area contributed by atoms with Crippen LogP contribution in [0, 0.1) is 0 Å². The maximum atomic E-state index is 5.68. The lowest BCUT2D eigenvalue weighted by molar-refractivity contribution is 0.274. The van der Waals surface area contributed by atoms with Crippen LogP contribution in [0.1, 0.15) is 53.4 Å². The minimum Gasteiger partial charge on any atom is -0.269 e. The Morgan fingerprint density at radius 2 is 1.25 bits per heavy atom. The number of rotatable bonds is 6. The van der Waals surface area contributed by atoms with Crippen LogP contribution in [-0.4, -0.2) is 18.1 Å². The molecule has 0 amide bonds. The van der Waals surface area contributed by atoms with Crippen LogP contribution in [0.3, 0.4) is 0 Å². The molecule has 12 heavy (non-hydrogen) atoms. The van der Waals surface area contributed by atoms with Gasteiger partial charge in [-0.3, -0.25) is 5.84 Å². The van der Waals surface area contributed by atoms with Crippen molar-refractivity contribution in [3.63, 3.8) is 0 Å². The van der Waals surface area contributed by atoms with E-state index in [9.17, 15) is 0 Å². The number of hydrogen-bond donors (Lipinski definition) is 1. The topological polar surface area (TPSA) is 29.3 Å². The van der Waals surface area contributed by atoms with Crippen LogP contribution in [0.4, 0.5) is 0 Å². The Morgan fingerprint density at radius 3 is 1.50 bits per heavy atom. The largest absolute Gasteiger partial charge is 0.269 e. The number of hydrazine groups is 1. The van der Waals surface area contributed by atoms with Gasteiger partial charge < -0.3 is 0 Å². The highest BCUT2D eigenvalue weighted by Crippen LogP contribution is 1.92. The Bertz CT molecular complexity index is 56.9. The summed E-state index contributed by atoms with van der Waals surface area (Å²) in [5.41, 5.74) is 0. The van der Waals surface area contributed by atoms with E-state index < -0.39 is 0 Å². The number of nitrogens with two attached hydrogens (primary N) is 1. The molecule has 0 radical (unpaired) electrons. The van der Waals surface area contributed by atoms with E-state index in [0.29, 0.717) is 0 Å². The molecule has 2 nitrogen and oxygen atoms in total. The van der Waals surface area contributed by atoms with E-state index in [-0.39, 0.29) is 0 Å². The summed E-state index contributed by atoms with van der Waals surface area (Å²) in [4.78, 5) is 0. The fourth-order valence-electron chi connectivity index (χ4n) is 0.834. The van der Waals surface area contributed by atoms with Crippen molar-refractivity contribution in [3.05, 3.63) is 0 Å². The average Bonchev–Trinajstić information content (AvgIpc) is 2.14. The molecule has 0 aliphatic carbocycles. The summed E-state index contributed by atoms with van der Waals surface area (Å²) >= 11 is 0. The lowest BCUT2D eigenvalue weighted by Crippen LogP contribution is -2.32. The minimum absolute atomic E-state index is 1.05. The summed E-state index contributed by atoms with van der Waals surface area (Å²) in [6.45, 7) is 10.5. The van der Waals surface area contributed by atoms with Gasteiger partial charge >= 0.3 is 0 Å². The highest BCUT2D eigenvalue weighted by molar-refractivity contribution is 4.47. The highest BCUT2D eigenvalue weighted by atomic mass is 15.4. The first-order chi connectivity index (χ1) is 5.81. The van der Waals surface area contributed by atoms with Gasteiger partial charge in [-0.1, -0.05) is 40.5 Å². The zero-order valence-electron chi connectivity index (χ0n) is 9.27. The van der Waals surface area contributed by atoms with Gasteiger partial charge in [0.2, 0.25) is 0 Å². The molecule has 0 heterocycles. The number of unbranched alkanes of at least 4 members (excludes halogenated alkanes) is 2. The molecule has 0 aliphatic rings. The van der Waals surface area contributed by atoms with E-state index in [1.54, 1.807) is 0 Å². The lowest BCUT2D eigenvalue weighted by Gasteiger charge is -2.14. The molecular formula is C10H26N2. The molecule has 0 spiro atoms. The van der Waals surface area contributed by atoms with Crippen LogP contribution in [0.5, 0.6) is 0 Å². The third kappa shape index (κ3) is 12.6. The van der Waals surface area contributed by atoms with Gasteiger partial charge in [0.15, 0.2) is 0 Å². The maximum absolute atomic E-state index is 5.68. The first-order valence-corrected chi connectivity index (χ1v) is 5.30. The van der Waals surface area contributed by atoms with Crippen molar-refractivity contribution in [3.8, 4) is 0 Å². The van der Waals surface area contributed by atoms with Crippen LogP contribution in [0.2, 0.25) is 0 Å². The Labute approximate surface area is 78.1 Å². The van der Waals surface area contributed by atoms with E-state index in [1.807, 2.05) is 18.9 Å². The molecule has 0 saturated carbocycles. The van der Waals surface area contributed by atoms with Gasteiger partial charge in [-0.15, -0.1) is 0 Å². The smallest absolute Gasteiger partial charge is 0.0128 e. The van der Waals surface area contributed by atoms with Gasteiger partial charge in [0.1, 0.15) is 0 Å². The van der Waals surface area contributed by atoms with Gasteiger partial charge in [0.25, 0.3) is 0 Å². The normalized spacial score (nSPS) is 9.50. The molecule has 0 rings (SSSR count). The van der Waals surface area contributed by atoms with Gasteiger partial charge in [-0.05, 0) is 12.8 Å². The first-order valence-electron chi connectivity index (χ1n) is 5.30. The summed E-state index contributed by atoms with van der Waals surface area (Å²) in [5.74, 6) is 5.68. The SMILES string of the molecule is CC.CCCCN(N)CCCC. The minimum atomic E-state index is 1.05. The van der Waals surface area contributed by atoms with Crippen molar-refractivity contribution < 1.29 is 0 Å². The Balaban J connectivity index is 0. The van der Waals surface area contributed by atoms with Crippen molar-refractivity contribution in [1.29, 1.82) is 0 Å². The van der Waals surface area contributed by atoms with E-state index >= 15 is 0 Å². The van der Waals surface area contributed by atoms with Crippen molar-refractivity contribution in [2.24, 2.45) is 5.84 Å². The maximum Gasteiger partial charge on any atom is 0.0128 e. The zero-order chi connectivity index (χ0) is 9.82. The van der Waals surface area contributed by atoms with E-state index in [1.165, 1.54) is 25.7 Å². The predicted octanol–water partition coefficient (Wildman–Crippen LogP) is 2.79. The predicted molar refractivity (Wildman–Crippen MR) is 56.9 cm³/mol. The summed E-state index contributed by atoms with van der Waals surface area (Å²) in [5, 5.41) is 1.92. The molecule has 0 aromatic carbocycles. The second-order valence-electron chi connectivity index (χ2n) is 2.74. The molecule has 0 aliphatic heterocycles. The molecule has 0 bridgehead atoms. The fourth-order valence-corrected chi connectivity index (χ4v) is 0.834. The van der Waals surface area contributed by atoms with Crippen LogP contribution < -0.4 is 5.84 Å². The molecule has 2 N–H and O–H groups in total. The van der Waals surface area contributed by atoms with E-state index in [2.05, 4.69) is 13.8 Å². The second kappa shape index (κ2) is 13.5. The summed E-state index contributed by atoms with van der Waals surface area (Å²) in [6.07, 6.45) is 4.92.